The lowest BCUT2D eigenvalue weighted by Crippen LogP contribution is -2.46. The van der Waals surface area contributed by atoms with Gasteiger partial charge < -0.3 is 15.0 Å². The van der Waals surface area contributed by atoms with Gasteiger partial charge in [-0.05, 0) is 42.5 Å². The highest BCUT2D eigenvalue weighted by molar-refractivity contribution is 6.39. The molecule has 2 heterocycles. The molecule has 3 rings (SSSR count). The molecule has 160 valence electrons. The summed E-state index contributed by atoms with van der Waals surface area (Å²) in [6.45, 7) is 2.33. The predicted octanol–water partition coefficient (Wildman–Crippen LogP) is 4.11. The summed E-state index contributed by atoms with van der Waals surface area (Å²) in [4.78, 5) is 30.7. The highest BCUT2D eigenvalue weighted by atomic mass is 19.3. The van der Waals surface area contributed by atoms with E-state index < -0.39 is 23.8 Å². The number of carbonyl (C=O) groups is 2. The van der Waals surface area contributed by atoms with Gasteiger partial charge in [-0.3, -0.25) is 9.59 Å². The van der Waals surface area contributed by atoms with Gasteiger partial charge in [0.05, 0.1) is 30.6 Å². The van der Waals surface area contributed by atoms with Crippen LogP contribution in [-0.2, 0) is 9.59 Å². The van der Waals surface area contributed by atoms with Gasteiger partial charge in [-0.15, -0.1) is 0 Å². The highest BCUT2D eigenvalue weighted by Gasteiger charge is 2.34. The van der Waals surface area contributed by atoms with Gasteiger partial charge in [0.15, 0.2) is 0 Å². The predicted molar refractivity (Wildman–Crippen MR) is 104 cm³/mol. The first-order valence-electron chi connectivity index (χ1n) is 9.49. The van der Waals surface area contributed by atoms with E-state index in [4.69, 9.17) is 4.74 Å². The van der Waals surface area contributed by atoms with Crippen LogP contribution in [-0.4, -0.2) is 35.4 Å². The van der Waals surface area contributed by atoms with Gasteiger partial charge >= 0.3 is 11.8 Å². The maximum absolute atomic E-state index is 13.3. The third-order valence-corrected chi connectivity index (χ3v) is 5.09. The lowest BCUT2D eigenvalue weighted by Gasteiger charge is -2.38. The molecule has 2 atom stereocenters. The maximum Gasteiger partial charge on any atom is 0.313 e. The van der Waals surface area contributed by atoms with Gasteiger partial charge in [-0.25, -0.2) is 18.2 Å². The summed E-state index contributed by atoms with van der Waals surface area (Å²) in [6, 6.07) is 6.46. The number of hydrogen-bond donors (Lipinski definition) is 1. The number of nitrogens with zero attached hydrogens (tertiary/aromatic N) is 2. The van der Waals surface area contributed by atoms with E-state index in [1.54, 1.807) is 12.1 Å². The van der Waals surface area contributed by atoms with E-state index in [-0.39, 0.29) is 29.3 Å². The molecule has 2 amide bonds. The Morgan fingerprint density at radius 2 is 1.93 bits per heavy atom. The molecule has 1 aromatic heterocycles. The zero-order valence-corrected chi connectivity index (χ0v) is 16.6. The van der Waals surface area contributed by atoms with Gasteiger partial charge in [0.1, 0.15) is 5.82 Å². The molecule has 1 aromatic carbocycles. The fraction of sp³-hybridized carbons (Fsp3) is 0.381. The smallest absolute Gasteiger partial charge is 0.313 e. The Morgan fingerprint density at radius 1 is 1.23 bits per heavy atom. The number of likely N-dealkylation sites (tertiary alicyclic amines) is 1. The van der Waals surface area contributed by atoms with E-state index in [0.717, 1.165) is 24.2 Å². The second-order valence-electron chi connectivity index (χ2n) is 7.28. The summed E-state index contributed by atoms with van der Waals surface area (Å²) < 4.78 is 44.4. The number of hydrogen-bond acceptors (Lipinski definition) is 4. The third-order valence-electron chi connectivity index (χ3n) is 5.09. The van der Waals surface area contributed by atoms with Crippen LogP contribution in [0.1, 0.15) is 43.4 Å². The van der Waals surface area contributed by atoms with E-state index in [0.29, 0.717) is 13.0 Å². The van der Waals surface area contributed by atoms with Gasteiger partial charge in [0.25, 0.3) is 6.43 Å². The van der Waals surface area contributed by atoms with Crippen molar-refractivity contribution in [2.24, 2.45) is 5.92 Å². The van der Waals surface area contributed by atoms with Gasteiger partial charge in [0.2, 0.25) is 5.88 Å². The number of piperidine rings is 1. The molecular formula is C21H22F3N3O3. The minimum absolute atomic E-state index is 0.0344. The Hall–Kier alpha value is -3.10. The number of rotatable bonds is 4. The zero-order valence-electron chi connectivity index (χ0n) is 16.6. The molecule has 1 aliphatic heterocycles. The van der Waals surface area contributed by atoms with E-state index >= 15 is 0 Å². The number of ether oxygens (including phenoxy) is 1. The maximum atomic E-state index is 13.3. The SMILES string of the molecule is COc1ncc(NC(=O)C(=O)N2C[C@@H](C)CCC2c2ccc(F)cc2)cc1C(F)F. The first kappa shape index (κ1) is 21.6. The molecule has 0 spiro atoms. The lowest BCUT2D eigenvalue weighted by molar-refractivity contribution is -0.146. The second kappa shape index (κ2) is 9.15. The Bertz CT molecular complexity index is 921. The fourth-order valence-electron chi connectivity index (χ4n) is 3.59. The van der Waals surface area contributed by atoms with Crippen LogP contribution in [0.2, 0.25) is 0 Å². The van der Waals surface area contributed by atoms with Crippen LogP contribution >= 0.6 is 0 Å². The molecule has 0 radical (unpaired) electrons. The minimum Gasteiger partial charge on any atom is -0.481 e. The normalized spacial score (nSPS) is 18.9. The number of methoxy groups -OCH3 is 1. The second-order valence-corrected chi connectivity index (χ2v) is 7.28. The van der Waals surface area contributed by atoms with Crippen LogP contribution in [0.15, 0.2) is 36.5 Å². The molecule has 30 heavy (non-hydrogen) atoms. The number of aromatic nitrogens is 1. The molecule has 1 fully saturated rings. The molecule has 9 heteroatoms. The summed E-state index contributed by atoms with van der Waals surface area (Å²) in [7, 11) is 1.21. The number of benzene rings is 1. The number of amides is 2. The van der Waals surface area contributed by atoms with E-state index in [2.05, 4.69) is 10.3 Å². The standard InChI is InChI=1S/C21H22F3N3O3/c1-12-3-8-17(13-4-6-14(22)7-5-13)27(11-12)21(29)19(28)26-15-9-16(18(23)24)20(30-2)25-10-15/h4-7,9-10,12,17-18H,3,8,11H2,1-2H3,(H,26,28)/t12-,17?/m0/s1. The van der Waals surface area contributed by atoms with Crippen LogP contribution in [0.5, 0.6) is 5.88 Å². The molecule has 0 bridgehead atoms. The summed E-state index contributed by atoms with van der Waals surface area (Å²) in [5.74, 6) is -2.20. The number of halogens is 3. The average molecular weight is 421 g/mol. The van der Waals surface area contributed by atoms with Crippen molar-refractivity contribution < 1.29 is 27.5 Å². The molecule has 1 aliphatic rings. The molecule has 1 unspecified atom stereocenters. The number of carbonyl (C=O) groups excluding carboxylic acids is 2. The number of anilines is 1. The van der Waals surface area contributed by atoms with Crippen LogP contribution < -0.4 is 10.1 Å². The summed E-state index contributed by atoms with van der Waals surface area (Å²) >= 11 is 0. The Morgan fingerprint density at radius 3 is 2.57 bits per heavy atom. The van der Waals surface area contributed by atoms with Crippen LogP contribution in [0.25, 0.3) is 0 Å². The molecular weight excluding hydrogens is 399 g/mol. The average Bonchev–Trinajstić information content (AvgIpc) is 2.73. The first-order valence-corrected chi connectivity index (χ1v) is 9.49. The van der Waals surface area contributed by atoms with E-state index in [1.807, 2.05) is 6.92 Å². The number of pyridine rings is 1. The van der Waals surface area contributed by atoms with Crippen molar-refractivity contribution in [3.8, 4) is 5.88 Å². The van der Waals surface area contributed by atoms with Crippen molar-refractivity contribution in [1.29, 1.82) is 0 Å². The Balaban J connectivity index is 1.80. The van der Waals surface area contributed by atoms with Crippen molar-refractivity contribution in [3.05, 3.63) is 53.5 Å². The lowest BCUT2D eigenvalue weighted by atomic mass is 9.90. The Kier molecular flexibility index (Phi) is 6.59. The fourth-order valence-corrected chi connectivity index (χ4v) is 3.59. The van der Waals surface area contributed by atoms with E-state index in [9.17, 15) is 22.8 Å². The summed E-state index contributed by atoms with van der Waals surface area (Å²) in [6.07, 6.45) is -0.226. The van der Waals surface area contributed by atoms with Crippen LogP contribution in [0.3, 0.4) is 0 Å². The Labute approximate surface area is 172 Å². The topological polar surface area (TPSA) is 71.5 Å². The highest BCUT2D eigenvalue weighted by Crippen LogP contribution is 2.34. The molecule has 0 saturated carbocycles. The number of nitrogens with one attached hydrogen (secondary N) is 1. The third kappa shape index (κ3) is 4.72. The van der Waals surface area contributed by atoms with E-state index in [1.165, 1.54) is 24.1 Å². The van der Waals surface area contributed by atoms with Crippen molar-refractivity contribution in [2.75, 3.05) is 19.0 Å². The van der Waals surface area contributed by atoms with Crippen LogP contribution in [0, 0.1) is 11.7 Å². The summed E-state index contributed by atoms with van der Waals surface area (Å²) in [5.41, 5.74) is 0.210. The quantitative estimate of drug-likeness (QED) is 0.755. The van der Waals surface area contributed by atoms with Crippen molar-refractivity contribution >= 4 is 17.5 Å². The number of alkyl halides is 2. The molecule has 1 N–H and O–H groups in total. The van der Waals surface area contributed by atoms with Crippen molar-refractivity contribution in [2.45, 2.75) is 32.2 Å². The van der Waals surface area contributed by atoms with Gasteiger partial charge in [0, 0.05) is 6.54 Å². The minimum atomic E-state index is -2.86. The zero-order chi connectivity index (χ0) is 21.8. The molecule has 1 saturated heterocycles. The summed E-state index contributed by atoms with van der Waals surface area (Å²) in [5, 5.41) is 2.34. The van der Waals surface area contributed by atoms with Gasteiger partial charge in [-0.1, -0.05) is 19.1 Å². The molecule has 6 nitrogen and oxygen atoms in total. The van der Waals surface area contributed by atoms with Gasteiger partial charge in [-0.2, -0.15) is 0 Å². The molecule has 2 aromatic rings. The van der Waals surface area contributed by atoms with Crippen molar-refractivity contribution in [3.63, 3.8) is 0 Å². The molecule has 0 aliphatic carbocycles. The van der Waals surface area contributed by atoms with Crippen molar-refractivity contribution in [1.82, 2.24) is 9.88 Å². The largest absolute Gasteiger partial charge is 0.481 e. The first-order chi connectivity index (χ1) is 14.3. The van der Waals surface area contributed by atoms with Crippen LogP contribution in [0.4, 0.5) is 18.9 Å². The monoisotopic (exact) mass is 421 g/mol.